The molecule has 0 bridgehead atoms. The van der Waals surface area contributed by atoms with Gasteiger partial charge in [-0.1, -0.05) is 0 Å². The predicted octanol–water partition coefficient (Wildman–Crippen LogP) is 0.221. The number of nitrogens with one attached hydrogen (secondary N) is 1. The molecule has 1 N–H and O–H groups in total. The van der Waals surface area contributed by atoms with Gasteiger partial charge in [-0.3, -0.25) is 4.79 Å². The van der Waals surface area contributed by atoms with Crippen molar-refractivity contribution in [2.45, 2.75) is 49.7 Å². The van der Waals surface area contributed by atoms with E-state index < -0.39 is 26.8 Å². The van der Waals surface area contributed by atoms with Crippen LogP contribution in [0, 0.1) is 0 Å². The van der Waals surface area contributed by atoms with Crippen molar-refractivity contribution in [1.29, 1.82) is 0 Å². The number of hydrogen-bond donors (Lipinski definition) is 1. The van der Waals surface area contributed by atoms with E-state index in [2.05, 4.69) is 5.32 Å². The fraction of sp³-hybridized carbons (Fsp3) is 0.917. The average Bonchev–Trinajstić information content (AvgIpc) is 2.79. The van der Waals surface area contributed by atoms with Gasteiger partial charge in [0.25, 0.3) is 0 Å². The third-order valence-corrected chi connectivity index (χ3v) is 5.42. The first-order valence-corrected chi connectivity index (χ1v) is 8.55. The Morgan fingerprint density at radius 2 is 1.79 bits per heavy atom. The summed E-state index contributed by atoms with van der Waals surface area (Å²) in [5.74, 6) is -0.874. The highest BCUT2D eigenvalue weighted by Crippen LogP contribution is 2.35. The van der Waals surface area contributed by atoms with Crippen LogP contribution in [-0.2, 0) is 24.1 Å². The highest BCUT2D eigenvalue weighted by Gasteiger charge is 2.41. The molecule has 110 valence electrons. The van der Waals surface area contributed by atoms with E-state index in [1.807, 2.05) is 0 Å². The topological polar surface area (TPSA) is 81.7 Å². The largest absolute Gasteiger partial charge is 0.352 e. The Morgan fingerprint density at radius 3 is 2.26 bits per heavy atom. The quantitative estimate of drug-likeness (QED) is 0.804. The zero-order chi connectivity index (χ0) is 14.1. The van der Waals surface area contributed by atoms with E-state index in [0.717, 1.165) is 31.9 Å². The summed E-state index contributed by atoms with van der Waals surface area (Å²) < 4.78 is 33.8. The fourth-order valence-corrected chi connectivity index (χ4v) is 2.96. The number of ether oxygens (including phenoxy) is 2. The summed E-state index contributed by atoms with van der Waals surface area (Å²) in [5.41, 5.74) is 0. The Bertz CT molecular complexity index is 431. The SMILES string of the molecule is CC(C(=O)NC1CCC2(CC1)OCCO2)S(C)(=O)=O. The minimum atomic E-state index is -3.34. The van der Waals surface area contributed by atoms with E-state index in [-0.39, 0.29) is 6.04 Å². The number of sulfone groups is 1. The van der Waals surface area contributed by atoms with Crippen molar-refractivity contribution >= 4 is 15.7 Å². The molecular weight excluding hydrogens is 270 g/mol. The molecule has 2 aliphatic rings. The number of rotatable bonds is 3. The molecule has 0 aromatic carbocycles. The van der Waals surface area contributed by atoms with Gasteiger partial charge in [-0.15, -0.1) is 0 Å². The monoisotopic (exact) mass is 291 g/mol. The van der Waals surface area contributed by atoms with Crippen LogP contribution in [0.3, 0.4) is 0 Å². The second kappa shape index (κ2) is 5.38. The third kappa shape index (κ3) is 3.46. The van der Waals surface area contributed by atoms with Crippen molar-refractivity contribution in [1.82, 2.24) is 5.32 Å². The van der Waals surface area contributed by atoms with Gasteiger partial charge >= 0.3 is 0 Å². The van der Waals surface area contributed by atoms with Crippen LogP contribution in [0.2, 0.25) is 0 Å². The second-order valence-corrected chi connectivity index (χ2v) is 7.73. The van der Waals surface area contributed by atoms with Crippen molar-refractivity contribution < 1.29 is 22.7 Å². The molecule has 19 heavy (non-hydrogen) atoms. The Kier molecular flexibility index (Phi) is 4.17. The maximum absolute atomic E-state index is 11.8. The molecule has 1 atom stereocenters. The van der Waals surface area contributed by atoms with Gasteiger partial charge in [0.2, 0.25) is 5.91 Å². The summed E-state index contributed by atoms with van der Waals surface area (Å²) >= 11 is 0. The van der Waals surface area contributed by atoms with Crippen molar-refractivity contribution in [3.8, 4) is 0 Å². The van der Waals surface area contributed by atoms with Gasteiger partial charge in [0.15, 0.2) is 15.6 Å². The Labute approximate surface area is 113 Å². The van der Waals surface area contributed by atoms with E-state index in [0.29, 0.717) is 13.2 Å². The summed E-state index contributed by atoms with van der Waals surface area (Å²) in [6, 6.07) is 0.00937. The molecule has 1 spiro atoms. The summed E-state index contributed by atoms with van der Waals surface area (Å²) in [5, 5.41) is 1.80. The second-order valence-electron chi connectivity index (χ2n) is 5.36. The highest BCUT2D eigenvalue weighted by molar-refractivity contribution is 7.92. The first kappa shape index (κ1) is 14.7. The molecule has 6 nitrogen and oxygen atoms in total. The minimum absolute atomic E-state index is 0.00937. The Balaban J connectivity index is 1.84. The smallest absolute Gasteiger partial charge is 0.238 e. The van der Waals surface area contributed by atoms with Crippen molar-refractivity contribution in [3.63, 3.8) is 0 Å². The highest BCUT2D eigenvalue weighted by atomic mass is 32.2. The van der Waals surface area contributed by atoms with Crippen LogP contribution in [0.1, 0.15) is 32.6 Å². The predicted molar refractivity (Wildman–Crippen MR) is 69.3 cm³/mol. The summed E-state index contributed by atoms with van der Waals surface area (Å²) in [7, 11) is -3.34. The fourth-order valence-electron chi connectivity index (χ4n) is 2.50. The maximum atomic E-state index is 11.8. The molecular formula is C12H21NO5S. The molecule has 0 aromatic heterocycles. The van der Waals surface area contributed by atoms with Crippen molar-refractivity contribution in [2.75, 3.05) is 19.5 Å². The zero-order valence-electron chi connectivity index (χ0n) is 11.3. The molecule has 1 amide bonds. The lowest BCUT2D eigenvalue weighted by atomic mass is 9.90. The molecule has 1 aliphatic carbocycles. The van der Waals surface area contributed by atoms with Gasteiger partial charge in [0.1, 0.15) is 5.25 Å². The maximum Gasteiger partial charge on any atom is 0.238 e. The van der Waals surface area contributed by atoms with E-state index >= 15 is 0 Å². The lowest BCUT2D eigenvalue weighted by Crippen LogP contribution is -2.47. The van der Waals surface area contributed by atoms with E-state index in [9.17, 15) is 13.2 Å². The average molecular weight is 291 g/mol. The molecule has 1 saturated heterocycles. The zero-order valence-corrected chi connectivity index (χ0v) is 12.2. The van der Waals surface area contributed by atoms with E-state index in [1.165, 1.54) is 6.92 Å². The van der Waals surface area contributed by atoms with Crippen LogP contribution >= 0.6 is 0 Å². The Hall–Kier alpha value is -0.660. The minimum Gasteiger partial charge on any atom is -0.352 e. The van der Waals surface area contributed by atoms with E-state index in [4.69, 9.17) is 9.47 Å². The number of hydrogen-bond acceptors (Lipinski definition) is 5. The van der Waals surface area contributed by atoms with Crippen molar-refractivity contribution in [2.24, 2.45) is 0 Å². The number of carbonyl (C=O) groups is 1. The van der Waals surface area contributed by atoms with Gasteiger partial charge < -0.3 is 14.8 Å². The Morgan fingerprint density at radius 1 is 1.26 bits per heavy atom. The van der Waals surface area contributed by atoms with Crippen LogP contribution in [0.4, 0.5) is 0 Å². The third-order valence-electron chi connectivity index (χ3n) is 3.92. The summed E-state index contributed by atoms with van der Waals surface area (Å²) in [6.07, 6.45) is 4.06. The van der Waals surface area contributed by atoms with Crippen LogP contribution in [-0.4, -0.2) is 50.9 Å². The van der Waals surface area contributed by atoms with Gasteiger partial charge in [-0.05, 0) is 19.8 Å². The molecule has 0 radical (unpaired) electrons. The molecule has 0 aromatic rings. The molecule has 2 rings (SSSR count). The first-order valence-electron chi connectivity index (χ1n) is 6.60. The lowest BCUT2D eigenvalue weighted by Gasteiger charge is -2.35. The molecule has 1 heterocycles. The van der Waals surface area contributed by atoms with Gasteiger partial charge in [-0.2, -0.15) is 0 Å². The normalized spacial score (nSPS) is 25.4. The molecule has 1 saturated carbocycles. The number of amides is 1. The van der Waals surface area contributed by atoms with Crippen LogP contribution in [0.5, 0.6) is 0 Å². The van der Waals surface area contributed by atoms with Crippen LogP contribution in [0.25, 0.3) is 0 Å². The van der Waals surface area contributed by atoms with E-state index in [1.54, 1.807) is 0 Å². The number of carbonyl (C=O) groups excluding carboxylic acids is 1. The molecule has 7 heteroatoms. The van der Waals surface area contributed by atoms with Gasteiger partial charge in [-0.25, -0.2) is 8.42 Å². The lowest BCUT2D eigenvalue weighted by molar-refractivity contribution is -0.180. The molecule has 2 fully saturated rings. The summed E-state index contributed by atoms with van der Waals surface area (Å²) in [6.45, 7) is 2.67. The first-order chi connectivity index (χ1) is 8.82. The van der Waals surface area contributed by atoms with Gasteiger partial charge in [0.05, 0.1) is 13.2 Å². The molecule has 1 unspecified atom stereocenters. The van der Waals surface area contributed by atoms with Crippen LogP contribution < -0.4 is 5.32 Å². The van der Waals surface area contributed by atoms with Gasteiger partial charge in [0, 0.05) is 25.1 Å². The standard InChI is InChI=1S/C12H21NO5S/c1-9(19(2,15)16)11(14)13-10-3-5-12(6-4-10)17-7-8-18-12/h9-10H,3-8H2,1-2H3,(H,13,14). The van der Waals surface area contributed by atoms with Crippen molar-refractivity contribution in [3.05, 3.63) is 0 Å². The van der Waals surface area contributed by atoms with Crippen LogP contribution in [0.15, 0.2) is 0 Å². The summed E-state index contributed by atoms with van der Waals surface area (Å²) in [4.78, 5) is 11.8. The molecule has 1 aliphatic heterocycles.